The highest BCUT2D eigenvalue weighted by Crippen LogP contribution is 2.49. The lowest BCUT2D eigenvalue weighted by molar-refractivity contribution is 0.301. The lowest BCUT2D eigenvalue weighted by Gasteiger charge is -2.25. The van der Waals surface area contributed by atoms with Crippen LogP contribution in [0.4, 0.5) is 8.78 Å². The number of nitrogens with one attached hydrogen (secondary N) is 1. The van der Waals surface area contributed by atoms with E-state index < -0.39 is 11.6 Å². The van der Waals surface area contributed by atoms with Gasteiger partial charge in [-0.25, -0.2) is 13.8 Å². The Morgan fingerprint density at radius 1 is 1.03 bits per heavy atom. The smallest absolute Gasteiger partial charge is 0.231 e. The standard InChI is InChI=1S/C31H29F2N5O/c1-38-17-35-37-30(38)26-22(20-8-3-2-4-9-20)14-23(21-10-11-21)28(33)27(26)31-36-25-13-19(12-24(32)29(25)39-31)16-34-15-18-6-5-7-18/h2-4,8-9,12-14,17-18,21,34H,5-7,10-11,15-16H2,1H3. The number of hydrogen-bond donors (Lipinski definition) is 1. The van der Waals surface area contributed by atoms with E-state index in [0.29, 0.717) is 34.9 Å². The number of oxazole rings is 1. The third kappa shape index (κ3) is 4.42. The zero-order chi connectivity index (χ0) is 26.5. The molecule has 0 spiro atoms. The van der Waals surface area contributed by atoms with Crippen molar-refractivity contribution in [3.8, 4) is 34.0 Å². The maximum absolute atomic E-state index is 16.5. The molecular weight excluding hydrogens is 496 g/mol. The van der Waals surface area contributed by atoms with Crippen LogP contribution in [0.5, 0.6) is 0 Å². The number of aromatic nitrogens is 4. The molecule has 0 aliphatic heterocycles. The summed E-state index contributed by atoms with van der Waals surface area (Å²) < 4.78 is 39.5. The van der Waals surface area contributed by atoms with Gasteiger partial charge in [0, 0.05) is 19.2 Å². The van der Waals surface area contributed by atoms with Crippen LogP contribution in [0.15, 0.2) is 59.3 Å². The molecule has 1 N–H and O–H groups in total. The van der Waals surface area contributed by atoms with E-state index in [4.69, 9.17) is 4.42 Å². The fourth-order valence-electron chi connectivity index (χ4n) is 5.53. The molecule has 2 heterocycles. The van der Waals surface area contributed by atoms with Gasteiger partial charge in [-0.2, -0.15) is 0 Å². The molecule has 7 rings (SSSR count). The number of halogens is 2. The quantitative estimate of drug-likeness (QED) is 0.236. The van der Waals surface area contributed by atoms with Gasteiger partial charge in [-0.1, -0.05) is 36.8 Å². The molecule has 2 aliphatic carbocycles. The summed E-state index contributed by atoms with van der Waals surface area (Å²) >= 11 is 0. The van der Waals surface area contributed by atoms with Crippen molar-refractivity contribution in [3.63, 3.8) is 0 Å². The lowest BCUT2D eigenvalue weighted by atomic mass is 9.85. The molecule has 8 heteroatoms. The number of benzene rings is 3. The number of aryl methyl sites for hydroxylation is 1. The first-order valence-corrected chi connectivity index (χ1v) is 13.6. The van der Waals surface area contributed by atoms with Crippen molar-refractivity contribution in [2.24, 2.45) is 13.0 Å². The van der Waals surface area contributed by atoms with Crippen molar-refractivity contribution in [2.75, 3.05) is 6.54 Å². The molecule has 6 nitrogen and oxygen atoms in total. The second-order valence-electron chi connectivity index (χ2n) is 10.9. The van der Waals surface area contributed by atoms with Gasteiger partial charge in [-0.3, -0.25) is 0 Å². The first kappa shape index (κ1) is 24.2. The molecule has 0 unspecified atom stereocenters. The van der Waals surface area contributed by atoms with Crippen LogP contribution in [-0.4, -0.2) is 26.3 Å². The minimum Gasteiger partial charge on any atom is -0.433 e. The minimum atomic E-state index is -0.506. The van der Waals surface area contributed by atoms with Gasteiger partial charge in [0.2, 0.25) is 5.89 Å². The number of fused-ring (bicyclic) bond motifs is 1. The zero-order valence-electron chi connectivity index (χ0n) is 21.8. The Morgan fingerprint density at radius 2 is 1.85 bits per heavy atom. The highest BCUT2D eigenvalue weighted by Gasteiger charge is 2.34. The van der Waals surface area contributed by atoms with E-state index in [0.717, 1.165) is 36.1 Å². The summed E-state index contributed by atoms with van der Waals surface area (Å²) in [5, 5.41) is 11.8. The molecule has 2 saturated carbocycles. The fourth-order valence-corrected chi connectivity index (χ4v) is 5.53. The minimum absolute atomic E-state index is 0.0224. The third-order valence-electron chi connectivity index (χ3n) is 8.03. The Labute approximate surface area is 225 Å². The van der Waals surface area contributed by atoms with Crippen LogP contribution in [0.1, 0.15) is 49.1 Å². The molecule has 198 valence electrons. The summed E-state index contributed by atoms with van der Waals surface area (Å²) in [6.45, 7) is 1.46. The first-order chi connectivity index (χ1) is 19.1. The molecule has 5 aromatic rings. The normalized spacial score (nSPS) is 15.7. The molecule has 0 radical (unpaired) electrons. The van der Waals surface area contributed by atoms with Gasteiger partial charge in [-0.05, 0) is 84.5 Å². The lowest BCUT2D eigenvalue weighted by Crippen LogP contribution is -2.26. The van der Waals surface area contributed by atoms with E-state index in [1.54, 1.807) is 10.9 Å². The van der Waals surface area contributed by atoms with E-state index in [-0.39, 0.29) is 23.0 Å². The van der Waals surface area contributed by atoms with Crippen molar-refractivity contribution in [2.45, 2.75) is 44.6 Å². The molecule has 0 atom stereocenters. The molecule has 0 amide bonds. The van der Waals surface area contributed by atoms with Crippen molar-refractivity contribution >= 4 is 11.1 Å². The van der Waals surface area contributed by atoms with E-state index in [1.165, 1.54) is 25.3 Å². The van der Waals surface area contributed by atoms with Crippen molar-refractivity contribution in [1.29, 1.82) is 0 Å². The van der Waals surface area contributed by atoms with Crippen LogP contribution < -0.4 is 5.32 Å². The maximum atomic E-state index is 16.5. The number of nitrogens with zero attached hydrogens (tertiary/aromatic N) is 4. The predicted octanol–water partition coefficient (Wildman–Crippen LogP) is 7.00. The first-order valence-electron chi connectivity index (χ1n) is 13.6. The van der Waals surface area contributed by atoms with Crippen LogP contribution in [0, 0.1) is 17.6 Å². The van der Waals surface area contributed by atoms with Gasteiger partial charge in [0.15, 0.2) is 17.2 Å². The van der Waals surface area contributed by atoms with E-state index in [2.05, 4.69) is 20.5 Å². The molecule has 39 heavy (non-hydrogen) atoms. The van der Waals surface area contributed by atoms with Gasteiger partial charge < -0.3 is 14.3 Å². The van der Waals surface area contributed by atoms with Crippen LogP contribution in [0.3, 0.4) is 0 Å². The third-order valence-corrected chi connectivity index (χ3v) is 8.03. The van der Waals surface area contributed by atoms with Crippen LogP contribution in [-0.2, 0) is 13.6 Å². The van der Waals surface area contributed by atoms with Crippen LogP contribution in [0.2, 0.25) is 0 Å². The average molecular weight is 526 g/mol. The Bertz CT molecular complexity index is 1670. The summed E-state index contributed by atoms with van der Waals surface area (Å²) in [6, 6.07) is 15.0. The fraction of sp³-hybridized carbons (Fsp3) is 0.323. The molecule has 2 fully saturated rings. The summed E-state index contributed by atoms with van der Waals surface area (Å²) in [6.07, 6.45) is 7.21. The van der Waals surface area contributed by atoms with Gasteiger partial charge >= 0.3 is 0 Å². The van der Waals surface area contributed by atoms with Crippen LogP contribution >= 0.6 is 0 Å². The molecule has 2 aromatic heterocycles. The molecule has 0 saturated heterocycles. The van der Waals surface area contributed by atoms with E-state index in [1.807, 2.05) is 49.5 Å². The second kappa shape index (κ2) is 9.68. The topological polar surface area (TPSA) is 68.8 Å². The SMILES string of the molecule is Cn1cnnc1-c1c(-c2ccccc2)cc(C2CC2)c(F)c1-c1nc2cc(CNCC3CCC3)cc(F)c2o1. The number of hydrogen-bond acceptors (Lipinski definition) is 5. The second-order valence-corrected chi connectivity index (χ2v) is 10.9. The largest absolute Gasteiger partial charge is 0.433 e. The van der Waals surface area contributed by atoms with Gasteiger partial charge in [-0.15, -0.1) is 10.2 Å². The molecule has 3 aromatic carbocycles. The van der Waals surface area contributed by atoms with E-state index in [9.17, 15) is 0 Å². The Morgan fingerprint density at radius 3 is 2.54 bits per heavy atom. The Hall–Kier alpha value is -3.91. The summed E-state index contributed by atoms with van der Waals surface area (Å²) in [5.41, 5.74) is 4.24. The maximum Gasteiger partial charge on any atom is 0.231 e. The Kier molecular flexibility index (Phi) is 6.00. The molecular formula is C31H29F2N5O. The molecule has 2 aliphatic rings. The predicted molar refractivity (Wildman–Crippen MR) is 146 cm³/mol. The van der Waals surface area contributed by atoms with Gasteiger partial charge in [0.1, 0.15) is 17.7 Å². The van der Waals surface area contributed by atoms with Gasteiger partial charge in [0.25, 0.3) is 0 Å². The monoisotopic (exact) mass is 525 g/mol. The van der Waals surface area contributed by atoms with Crippen molar-refractivity contribution < 1.29 is 13.2 Å². The summed E-state index contributed by atoms with van der Waals surface area (Å²) in [5.74, 6) is 0.455. The Balaban J connectivity index is 1.40. The number of rotatable bonds is 8. The van der Waals surface area contributed by atoms with Crippen LogP contribution in [0.25, 0.3) is 45.1 Å². The summed E-state index contributed by atoms with van der Waals surface area (Å²) in [7, 11) is 1.81. The highest BCUT2D eigenvalue weighted by molar-refractivity contribution is 5.93. The van der Waals surface area contributed by atoms with Crippen molar-refractivity contribution in [1.82, 2.24) is 25.1 Å². The summed E-state index contributed by atoms with van der Waals surface area (Å²) in [4.78, 5) is 4.66. The van der Waals surface area contributed by atoms with Crippen molar-refractivity contribution in [3.05, 3.63) is 77.6 Å². The average Bonchev–Trinajstić information content (AvgIpc) is 3.52. The molecule has 0 bridgehead atoms. The highest BCUT2D eigenvalue weighted by atomic mass is 19.1. The van der Waals surface area contributed by atoms with Gasteiger partial charge in [0.05, 0.1) is 5.56 Å². The van der Waals surface area contributed by atoms with E-state index >= 15 is 8.78 Å². The zero-order valence-corrected chi connectivity index (χ0v) is 21.8.